The third kappa shape index (κ3) is 3.59. The maximum Gasteiger partial charge on any atom is 0.159 e. The predicted octanol–water partition coefficient (Wildman–Crippen LogP) is 2.21. The summed E-state index contributed by atoms with van der Waals surface area (Å²) < 4.78 is 13.5. The van der Waals surface area contributed by atoms with Gasteiger partial charge in [-0.15, -0.1) is 0 Å². The topological polar surface area (TPSA) is 57.5 Å². The molecule has 3 nitrogen and oxygen atoms in total. The third-order valence-corrected chi connectivity index (χ3v) is 2.95. The molecule has 5 heteroatoms. The smallest absolute Gasteiger partial charge is 0.159 e. The molecule has 2 unspecified atom stereocenters. The van der Waals surface area contributed by atoms with Crippen LogP contribution in [0.15, 0.2) is 18.2 Å². The monoisotopic (exact) mass is 304 g/mol. The highest BCUT2D eigenvalue weighted by molar-refractivity contribution is 9.09. The number of benzene rings is 1. The molecule has 0 saturated carbocycles. The summed E-state index contributed by atoms with van der Waals surface area (Å²) >= 11 is 3.13. The molecular weight excluding hydrogens is 291 g/mol. The number of ketones is 1. The van der Waals surface area contributed by atoms with E-state index < -0.39 is 18.0 Å². The summed E-state index contributed by atoms with van der Waals surface area (Å²) in [5.41, 5.74) is 0.262. The predicted molar refractivity (Wildman–Crippen MR) is 65.8 cm³/mol. The van der Waals surface area contributed by atoms with Crippen LogP contribution in [-0.2, 0) is 0 Å². The van der Waals surface area contributed by atoms with Crippen LogP contribution in [0.25, 0.3) is 0 Å². The molecule has 1 aromatic carbocycles. The van der Waals surface area contributed by atoms with Gasteiger partial charge in [0.2, 0.25) is 0 Å². The lowest BCUT2D eigenvalue weighted by molar-refractivity contribution is 0.0152. The Morgan fingerprint density at radius 3 is 2.65 bits per heavy atom. The maximum atomic E-state index is 13.5. The normalized spacial score (nSPS) is 14.4. The van der Waals surface area contributed by atoms with E-state index in [1.807, 2.05) is 0 Å². The summed E-state index contributed by atoms with van der Waals surface area (Å²) in [6.07, 6.45) is -2.09. The van der Waals surface area contributed by atoms with Crippen LogP contribution in [-0.4, -0.2) is 27.4 Å². The summed E-state index contributed by atoms with van der Waals surface area (Å²) in [6, 6.07) is 3.75. The van der Waals surface area contributed by atoms with Gasteiger partial charge in [0.15, 0.2) is 5.78 Å². The van der Waals surface area contributed by atoms with Gasteiger partial charge in [0.25, 0.3) is 0 Å². The SMILES string of the molecule is CC(=O)c1ccc(F)c(C(O)C(O)CCBr)c1. The van der Waals surface area contributed by atoms with Gasteiger partial charge in [-0.3, -0.25) is 4.79 Å². The quantitative estimate of drug-likeness (QED) is 0.648. The van der Waals surface area contributed by atoms with Crippen molar-refractivity contribution in [3.05, 3.63) is 35.1 Å². The van der Waals surface area contributed by atoms with E-state index in [4.69, 9.17) is 0 Å². The lowest BCUT2D eigenvalue weighted by Crippen LogP contribution is -2.20. The van der Waals surface area contributed by atoms with Crippen molar-refractivity contribution < 1.29 is 19.4 Å². The van der Waals surface area contributed by atoms with Crippen LogP contribution in [0, 0.1) is 5.82 Å². The van der Waals surface area contributed by atoms with Crippen molar-refractivity contribution in [3.63, 3.8) is 0 Å². The van der Waals surface area contributed by atoms with Crippen molar-refractivity contribution in [2.24, 2.45) is 0 Å². The van der Waals surface area contributed by atoms with Crippen molar-refractivity contribution in [2.75, 3.05) is 5.33 Å². The van der Waals surface area contributed by atoms with E-state index in [1.54, 1.807) is 0 Å². The van der Waals surface area contributed by atoms with E-state index in [9.17, 15) is 19.4 Å². The van der Waals surface area contributed by atoms with Gasteiger partial charge >= 0.3 is 0 Å². The lowest BCUT2D eigenvalue weighted by atomic mass is 9.99. The van der Waals surface area contributed by atoms with Crippen LogP contribution in [0.4, 0.5) is 4.39 Å². The molecule has 0 fully saturated rings. The number of Topliss-reactive ketones (excluding diaryl/α,β-unsaturated/α-hetero) is 1. The number of hydrogen-bond acceptors (Lipinski definition) is 3. The van der Waals surface area contributed by atoms with E-state index in [-0.39, 0.29) is 11.3 Å². The number of halogens is 2. The molecule has 0 bridgehead atoms. The van der Waals surface area contributed by atoms with E-state index in [0.29, 0.717) is 17.3 Å². The van der Waals surface area contributed by atoms with Gasteiger partial charge in [-0.05, 0) is 31.5 Å². The Kier molecular flexibility index (Phi) is 5.24. The molecule has 1 aromatic rings. The molecule has 1 rings (SSSR count). The zero-order chi connectivity index (χ0) is 13.0. The van der Waals surface area contributed by atoms with Crippen molar-refractivity contribution in [3.8, 4) is 0 Å². The Morgan fingerprint density at radius 2 is 2.12 bits per heavy atom. The maximum absolute atomic E-state index is 13.5. The molecule has 0 spiro atoms. The van der Waals surface area contributed by atoms with Crippen LogP contribution in [0.2, 0.25) is 0 Å². The fraction of sp³-hybridized carbons (Fsp3) is 0.417. The molecule has 2 N–H and O–H groups in total. The third-order valence-electron chi connectivity index (χ3n) is 2.49. The van der Waals surface area contributed by atoms with Crippen LogP contribution >= 0.6 is 15.9 Å². The average molecular weight is 305 g/mol. The lowest BCUT2D eigenvalue weighted by Gasteiger charge is -2.18. The van der Waals surface area contributed by atoms with E-state index >= 15 is 0 Å². The summed E-state index contributed by atoms with van der Waals surface area (Å²) in [5.74, 6) is -0.843. The highest BCUT2D eigenvalue weighted by Crippen LogP contribution is 2.23. The molecule has 0 radical (unpaired) electrons. The highest BCUT2D eigenvalue weighted by atomic mass is 79.9. The number of aliphatic hydroxyl groups is 2. The zero-order valence-electron chi connectivity index (χ0n) is 9.36. The number of aliphatic hydroxyl groups excluding tert-OH is 2. The number of rotatable bonds is 5. The minimum absolute atomic E-state index is 0.0499. The minimum Gasteiger partial charge on any atom is -0.390 e. The number of carbonyl (C=O) groups is 1. The van der Waals surface area contributed by atoms with Crippen LogP contribution < -0.4 is 0 Å². The van der Waals surface area contributed by atoms with Crippen LogP contribution in [0.1, 0.15) is 35.4 Å². The van der Waals surface area contributed by atoms with Gasteiger partial charge in [-0.25, -0.2) is 4.39 Å². The first-order valence-corrected chi connectivity index (χ1v) is 6.32. The first-order valence-electron chi connectivity index (χ1n) is 5.20. The van der Waals surface area contributed by atoms with Gasteiger partial charge in [0.1, 0.15) is 11.9 Å². The largest absolute Gasteiger partial charge is 0.390 e. The van der Waals surface area contributed by atoms with E-state index in [0.717, 1.165) is 6.07 Å². The van der Waals surface area contributed by atoms with E-state index in [1.165, 1.54) is 19.1 Å². The molecular formula is C12H14BrFO3. The molecule has 94 valence electrons. The first kappa shape index (κ1) is 14.3. The summed E-state index contributed by atoms with van der Waals surface area (Å²) in [6.45, 7) is 1.36. The van der Waals surface area contributed by atoms with Crippen LogP contribution in [0.5, 0.6) is 0 Å². The Morgan fingerprint density at radius 1 is 1.47 bits per heavy atom. The average Bonchev–Trinajstić information content (AvgIpc) is 2.28. The summed E-state index contributed by atoms with van der Waals surface area (Å²) in [4.78, 5) is 11.2. The second-order valence-electron chi connectivity index (χ2n) is 3.78. The van der Waals surface area contributed by atoms with Gasteiger partial charge in [0.05, 0.1) is 6.10 Å². The fourth-order valence-corrected chi connectivity index (χ4v) is 1.94. The summed E-state index contributed by atoms with van der Waals surface area (Å²) in [5, 5.41) is 19.9. The number of alkyl halides is 1. The fourth-order valence-electron chi connectivity index (χ4n) is 1.47. The van der Waals surface area contributed by atoms with Crippen molar-refractivity contribution in [1.29, 1.82) is 0 Å². The van der Waals surface area contributed by atoms with Gasteiger partial charge in [-0.2, -0.15) is 0 Å². The molecule has 2 atom stereocenters. The van der Waals surface area contributed by atoms with Crippen LogP contribution in [0.3, 0.4) is 0 Å². The second kappa shape index (κ2) is 6.23. The van der Waals surface area contributed by atoms with Crippen molar-refractivity contribution >= 4 is 21.7 Å². The minimum atomic E-state index is -1.33. The highest BCUT2D eigenvalue weighted by Gasteiger charge is 2.21. The first-order chi connectivity index (χ1) is 7.97. The van der Waals surface area contributed by atoms with Crippen molar-refractivity contribution in [2.45, 2.75) is 25.6 Å². The second-order valence-corrected chi connectivity index (χ2v) is 4.58. The molecule has 17 heavy (non-hydrogen) atoms. The Bertz CT molecular complexity index is 409. The molecule has 0 aliphatic carbocycles. The van der Waals surface area contributed by atoms with Gasteiger partial charge in [-0.1, -0.05) is 15.9 Å². The van der Waals surface area contributed by atoms with E-state index in [2.05, 4.69) is 15.9 Å². The number of hydrogen-bond donors (Lipinski definition) is 2. The molecule has 0 saturated heterocycles. The van der Waals surface area contributed by atoms with Gasteiger partial charge in [0, 0.05) is 16.5 Å². The Hall–Kier alpha value is -0.780. The Balaban J connectivity index is 3.03. The molecule has 0 aliphatic heterocycles. The van der Waals surface area contributed by atoms with Gasteiger partial charge < -0.3 is 10.2 Å². The number of carbonyl (C=O) groups excluding carboxylic acids is 1. The molecule has 0 aliphatic rings. The Labute approximate surface area is 107 Å². The van der Waals surface area contributed by atoms with Crippen molar-refractivity contribution in [1.82, 2.24) is 0 Å². The molecule has 0 heterocycles. The summed E-state index contributed by atoms with van der Waals surface area (Å²) in [7, 11) is 0. The zero-order valence-corrected chi connectivity index (χ0v) is 10.9. The molecule has 0 amide bonds. The standard InChI is InChI=1S/C12H14BrFO3/c1-7(15)8-2-3-10(14)9(6-8)12(17)11(16)4-5-13/h2-3,6,11-12,16-17H,4-5H2,1H3. The molecule has 0 aromatic heterocycles.